The lowest BCUT2D eigenvalue weighted by Crippen LogP contribution is -2.42. The molecule has 1 aliphatic heterocycles. The second kappa shape index (κ2) is 6.33. The molecule has 0 radical (unpaired) electrons. The molecule has 1 unspecified atom stereocenters. The van der Waals surface area contributed by atoms with Crippen LogP contribution >= 0.6 is 0 Å². The number of carbonyl (C=O) groups excluding carboxylic acids is 1. The van der Waals surface area contributed by atoms with Crippen LogP contribution in [0, 0.1) is 12.7 Å². The predicted molar refractivity (Wildman–Crippen MR) is 94.0 cm³/mol. The number of fused-ring (bicyclic) bond motifs is 1. The molecule has 5 heteroatoms. The van der Waals surface area contributed by atoms with Gasteiger partial charge in [-0.05, 0) is 42.3 Å². The van der Waals surface area contributed by atoms with Crippen LogP contribution in [0.5, 0.6) is 0 Å². The molecule has 0 saturated carbocycles. The van der Waals surface area contributed by atoms with Crippen molar-refractivity contribution in [3.63, 3.8) is 0 Å². The van der Waals surface area contributed by atoms with Crippen molar-refractivity contribution in [1.82, 2.24) is 9.88 Å². The number of ether oxygens (including phenoxy) is 1. The number of nitrogens with one attached hydrogen (secondary N) is 1. The molecule has 1 atom stereocenters. The van der Waals surface area contributed by atoms with Gasteiger partial charge in [-0.1, -0.05) is 24.3 Å². The average Bonchev–Trinajstić information content (AvgIpc) is 3.05. The van der Waals surface area contributed by atoms with Crippen molar-refractivity contribution in [3.05, 3.63) is 71.2 Å². The Morgan fingerprint density at radius 3 is 2.80 bits per heavy atom. The van der Waals surface area contributed by atoms with Crippen molar-refractivity contribution in [2.75, 3.05) is 19.7 Å². The highest BCUT2D eigenvalue weighted by molar-refractivity contribution is 5.98. The lowest BCUT2D eigenvalue weighted by Gasteiger charge is -2.33. The number of amides is 1. The average molecular weight is 338 g/mol. The van der Waals surface area contributed by atoms with Crippen molar-refractivity contribution >= 4 is 16.8 Å². The molecule has 2 aromatic carbocycles. The van der Waals surface area contributed by atoms with Gasteiger partial charge in [-0.15, -0.1) is 0 Å². The van der Waals surface area contributed by atoms with Gasteiger partial charge in [-0.3, -0.25) is 4.79 Å². The maximum atomic E-state index is 13.1. The van der Waals surface area contributed by atoms with Crippen LogP contribution in [0.2, 0.25) is 0 Å². The Morgan fingerprint density at radius 2 is 2.00 bits per heavy atom. The van der Waals surface area contributed by atoms with Gasteiger partial charge < -0.3 is 14.6 Å². The third kappa shape index (κ3) is 3.15. The summed E-state index contributed by atoms with van der Waals surface area (Å²) in [6.07, 6.45) is -0.232. The summed E-state index contributed by atoms with van der Waals surface area (Å²) >= 11 is 0. The third-order valence-electron chi connectivity index (χ3n) is 4.60. The van der Waals surface area contributed by atoms with Gasteiger partial charge in [0, 0.05) is 17.4 Å². The Hall–Kier alpha value is -2.66. The zero-order chi connectivity index (χ0) is 17.4. The Morgan fingerprint density at radius 1 is 1.20 bits per heavy atom. The van der Waals surface area contributed by atoms with Crippen LogP contribution in [0.25, 0.3) is 10.9 Å². The molecule has 1 fully saturated rings. The molecular formula is C20H19FN2O2. The van der Waals surface area contributed by atoms with E-state index in [4.69, 9.17) is 4.74 Å². The van der Waals surface area contributed by atoms with E-state index in [2.05, 4.69) is 4.98 Å². The monoisotopic (exact) mass is 338 g/mol. The van der Waals surface area contributed by atoms with Gasteiger partial charge in [-0.25, -0.2) is 4.39 Å². The third-order valence-corrected chi connectivity index (χ3v) is 4.60. The summed E-state index contributed by atoms with van der Waals surface area (Å²) in [4.78, 5) is 17.9. The van der Waals surface area contributed by atoms with Crippen molar-refractivity contribution in [2.45, 2.75) is 13.0 Å². The largest absolute Gasteiger partial charge is 0.370 e. The zero-order valence-electron chi connectivity index (χ0n) is 14.0. The number of carbonyl (C=O) groups is 1. The predicted octanol–water partition coefficient (Wildman–Crippen LogP) is 3.83. The standard InChI is InChI=1S/C20H19FN2O2/c1-13-2-3-15-11-18(22-17(15)10-13)20(24)23-8-9-25-19(12-23)14-4-6-16(21)7-5-14/h2-7,10-11,19,22H,8-9,12H2,1H3. The number of aromatic nitrogens is 1. The number of hydrogen-bond donors (Lipinski definition) is 1. The van der Waals surface area contributed by atoms with E-state index in [0.717, 1.165) is 22.0 Å². The van der Waals surface area contributed by atoms with Crippen LogP contribution in [-0.4, -0.2) is 35.5 Å². The maximum Gasteiger partial charge on any atom is 0.270 e. The van der Waals surface area contributed by atoms with E-state index in [9.17, 15) is 9.18 Å². The van der Waals surface area contributed by atoms with Gasteiger partial charge in [-0.2, -0.15) is 0 Å². The SMILES string of the molecule is Cc1ccc2cc(C(=O)N3CCOC(c4ccc(F)cc4)C3)[nH]c2c1. The second-order valence-corrected chi connectivity index (χ2v) is 6.44. The summed E-state index contributed by atoms with van der Waals surface area (Å²) in [5.41, 5.74) is 3.58. The van der Waals surface area contributed by atoms with Crippen LogP contribution in [0.3, 0.4) is 0 Å². The molecule has 4 rings (SSSR count). The summed E-state index contributed by atoms with van der Waals surface area (Å²) < 4.78 is 18.9. The van der Waals surface area contributed by atoms with Gasteiger partial charge in [0.05, 0.1) is 13.2 Å². The number of aryl methyl sites for hydroxylation is 1. The van der Waals surface area contributed by atoms with Crippen molar-refractivity contribution < 1.29 is 13.9 Å². The van der Waals surface area contributed by atoms with Crippen LogP contribution in [-0.2, 0) is 4.74 Å². The lowest BCUT2D eigenvalue weighted by molar-refractivity contribution is -0.0230. The number of aromatic amines is 1. The number of H-pyrrole nitrogens is 1. The van der Waals surface area contributed by atoms with E-state index in [1.807, 2.05) is 31.2 Å². The minimum absolute atomic E-state index is 0.0377. The van der Waals surface area contributed by atoms with E-state index in [0.29, 0.717) is 25.4 Å². The summed E-state index contributed by atoms with van der Waals surface area (Å²) in [5, 5.41) is 1.03. The molecule has 0 bridgehead atoms. The summed E-state index contributed by atoms with van der Waals surface area (Å²) in [6.45, 7) is 3.49. The molecule has 1 aliphatic rings. The number of morpholine rings is 1. The molecule has 1 N–H and O–H groups in total. The Kier molecular flexibility index (Phi) is 4.01. The van der Waals surface area contributed by atoms with Crippen molar-refractivity contribution in [2.24, 2.45) is 0 Å². The highest BCUT2D eigenvalue weighted by Gasteiger charge is 2.27. The number of hydrogen-bond acceptors (Lipinski definition) is 2. The topological polar surface area (TPSA) is 45.3 Å². The minimum Gasteiger partial charge on any atom is -0.370 e. The molecule has 1 aromatic heterocycles. The fraction of sp³-hybridized carbons (Fsp3) is 0.250. The van der Waals surface area contributed by atoms with Crippen molar-refractivity contribution in [1.29, 1.82) is 0 Å². The normalized spacial score (nSPS) is 17.8. The molecule has 1 saturated heterocycles. The van der Waals surface area contributed by atoms with E-state index in [1.54, 1.807) is 17.0 Å². The highest BCUT2D eigenvalue weighted by atomic mass is 19.1. The maximum absolute atomic E-state index is 13.1. The molecule has 128 valence electrons. The first kappa shape index (κ1) is 15.8. The van der Waals surface area contributed by atoms with Crippen LogP contribution in [0.15, 0.2) is 48.5 Å². The second-order valence-electron chi connectivity index (χ2n) is 6.44. The molecule has 25 heavy (non-hydrogen) atoms. The molecule has 0 aliphatic carbocycles. The molecule has 0 spiro atoms. The van der Waals surface area contributed by atoms with E-state index >= 15 is 0 Å². The van der Waals surface area contributed by atoms with Gasteiger partial charge in [0.15, 0.2) is 0 Å². The van der Waals surface area contributed by atoms with Gasteiger partial charge in [0.25, 0.3) is 5.91 Å². The van der Waals surface area contributed by atoms with E-state index < -0.39 is 0 Å². The van der Waals surface area contributed by atoms with E-state index in [-0.39, 0.29) is 17.8 Å². The van der Waals surface area contributed by atoms with Crippen molar-refractivity contribution in [3.8, 4) is 0 Å². The molecular weight excluding hydrogens is 319 g/mol. The highest BCUT2D eigenvalue weighted by Crippen LogP contribution is 2.24. The number of nitrogens with zero attached hydrogens (tertiary/aromatic N) is 1. The van der Waals surface area contributed by atoms with Crippen LogP contribution < -0.4 is 0 Å². The lowest BCUT2D eigenvalue weighted by atomic mass is 10.1. The number of rotatable bonds is 2. The summed E-state index contributed by atoms with van der Waals surface area (Å²) in [7, 11) is 0. The Labute approximate surface area is 145 Å². The minimum atomic E-state index is -0.277. The summed E-state index contributed by atoms with van der Waals surface area (Å²) in [6, 6.07) is 14.2. The first-order chi connectivity index (χ1) is 12.1. The first-order valence-electron chi connectivity index (χ1n) is 8.36. The fourth-order valence-corrected chi connectivity index (χ4v) is 3.24. The smallest absolute Gasteiger partial charge is 0.270 e. The number of benzene rings is 2. The quantitative estimate of drug-likeness (QED) is 0.772. The molecule has 4 nitrogen and oxygen atoms in total. The zero-order valence-corrected chi connectivity index (χ0v) is 14.0. The van der Waals surface area contributed by atoms with E-state index in [1.165, 1.54) is 12.1 Å². The molecule has 1 amide bonds. The summed E-state index contributed by atoms with van der Waals surface area (Å²) in [5.74, 6) is -0.315. The molecule has 2 heterocycles. The molecule has 3 aromatic rings. The van der Waals surface area contributed by atoms with Gasteiger partial charge >= 0.3 is 0 Å². The number of halogens is 1. The van der Waals surface area contributed by atoms with Gasteiger partial charge in [0.1, 0.15) is 17.6 Å². The first-order valence-corrected chi connectivity index (χ1v) is 8.36. The van der Waals surface area contributed by atoms with Gasteiger partial charge in [0.2, 0.25) is 0 Å². The van der Waals surface area contributed by atoms with Crippen LogP contribution in [0.1, 0.15) is 27.7 Å². The Bertz CT molecular complexity index is 917. The fourth-order valence-electron chi connectivity index (χ4n) is 3.24. The Balaban J connectivity index is 1.55. The van der Waals surface area contributed by atoms with Crippen LogP contribution in [0.4, 0.5) is 4.39 Å².